The smallest absolute Gasteiger partial charge is 0.338 e. The number of amides is 4. The minimum atomic E-state index is -0.682. The molecule has 1 saturated carbocycles. The number of nitrogens with one attached hydrogen (secondary N) is 2. The Bertz CT molecular complexity index is 777. The molecule has 4 amide bonds. The van der Waals surface area contributed by atoms with Crippen molar-refractivity contribution in [2.45, 2.75) is 51.5 Å². The third-order valence-electron chi connectivity index (χ3n) is 5.50. The number of esters is 1. The van der Waals surface area contributed by atoms with E-state index in [4.69, 9.17) is 4.74 Å². The molecular formula is C21H27N3O5. The van der Waals surface area contributed by atoms with Crippen LogP contribution in [-0.4, -0.2) is 43.0 Å². The van der Waals surface area contributed by atoms with Crippen LogP contribution in [0.2, 0.25) is 0 Å². The van der Waals surface area contributed by atoms with Crippen LogP contribution in [0, 0.1) is 5.92 Å². The number of benzene rings is 1. The van der Waals surface area contributed by atoms with Gasteiger partial charge in [-0.05, 0) is 49.4 Å². The number of urea groups is 1. The lowest BCUT2D eigenvalue weighted by Crippen LogP contribution is -2.48. The maximum Gasteiger partial charge on any atom is 0.338 e. The molecule has 1 aliphatic heterocycles. The maximum atomic E-state index is 12.1. The largest absolute Gasteiger partial charge is 0.452 e. The standard InChI is InChI=1S/C21H27N3O5/c1-14-5-2-3-6-17(14)22-21(28)23-18(25)13-29-20(27)15-8-10-16(11-9-15)24-12-4-7-19(24)26/h8-11,14,17H,2-7,12-13H2,1H3,(H2,22,23,25,28)/t14-,17+/m0/s1. The van der Waals surface area contributed by atoms with Gasteiger partial charge in [0.25, 0.3) is 5.91 Å². The Labute approximate surface area is 170 Å². The van der Waals surface area contributed by atoms with Crippen molar-refractivity contribution in [3.8, 4) is 0 Å². The van der Waals surface area contributed by atoms with Gasteiger partial charge < -0.3 is 15.0 Å². The van der Waals surface area contributed by atoms with Gasteiger partial charge in [0.2, 0.25) is 5.91 Å². The van der Waals surface area contributed by atoms with Crippen LogP contribution in [0.3, 0.4) is 0 Å². The van der Waals surface area contributed by atoms with Crippen LogP contribution in [-0.2, 0) is 14.3 Å². The van der Waals surface area contributed by atoms with Gasteiger partial charge >= 0.3 is 12.0 Å². The van der Waals surface area contributed by atoms with Crippen molar-refractivity contribution in [2.24, 2.45) is 5.92 Å². The lowest BCUT2D eigenvalue weighted by molar-refractivity contribution is -0.123. The molecule has 1 aromatic carbocycles. The van der Waals surface area contributed by atoms with Gasteiger partial charge in [-0.3, -0.25) is 14.9 Å². The van der Waals surface area contributed by atoms with Crippen LogP contribution < -0.4 is 15.5 Å². The molecule has 0 spiro atoms. The highest BCUT2D eigenvalue weighted by Crippen LogP contribution is 2.23. The van der Waals surface area contributed by atoms with Gasteiger partial charge in [0.15, 0.2) is 6.61 Å². The topological polar surface area (TPSA) is 105 Å². The fourth-order valence-electron chi connectivity index (χ4n) is 3.81. The molecule has 2 atom stereocenters. The first kappa shape index (κ1) is 20.8. The Morgan fingerprint density at radius 3 is 2.48 bits per heavy atom. The van der Waals surface area contributed by atoms with Crippen molar-refractivity contribution < 1.29 is 23.9 Å². The van der Waals surface area contributed by atoms with E-state index < -0.39 is 24.5 Å². The van der Waals surface area contributed by atoms with Gasteiger partial charge in [0.1, 0.15) is 0 Å². The molecule has 8 nitrogen and oxygen atoms in total. The van der Waals surface area contributed by atoms with E-state index in [1.807, 2.05) is 0 Å². The highest BCUT2D eigenvalue weighted by molar-refractivity contribution is 5.98. The van der Waals surface area contributed by atoms with Gasteiger partial charge in [-0.2, -0.15) is 0 Å². The van der Waals surface area contributed by atoms with E-state index in [0.29, 0.717) is 18.9 Å². The van der Waals surface area contributed by atoms with E-state index in [9.17, 15) is 19.2 Å². The molecule has 0 bridgehead atoms. The zero-order chi connectivity index (χ0) is 20.8. The van der Waals surface area contributed by atoms with E-state index in [1.54, 1.807) is 29.2 Å². The van der Waals surface area contributed by atoms with Crippen molar-refractivity contribution in [3.63, 3.8) is 0 Å². The summed E-state index contributed by atoms with van der Waals surface area (Å²) in [5, 5.41) is 5.01. The summed E-state index contributed by atoms with van der Waals surface area (Å²) >= 11 is 0. The predicted octanol–water partition coefficient (Wildman–Crippen LogP) is 2.37. The Balaban J connectivity index is 1.43. The van der Waals surface area contributed by atoms with Crippen LogP contribution in [0.15, 0.2) is 24.3 Å². The minimum absolute atomic E-state index is 0.0557. The minimum Gasteiger partial charge on any atom is -0.452 e. The van der Waals surface area contributed by atoms with E-state index in [1.165, 1.54) is 0 Å². The number of nitrogens with zero attached hydrogens (tertiary/aromatic N) is 1. The van der Waals surface area contributed by atoms with Crippen molar-refractivity contribution in [2.75, 3.05) is 18.1 Å². The van der Waals surface area contributed by atoms with E-state index in [2.05, 4.69) is 17.6 Å². The number of hydrogen-bond acceptors (Lipinski definition) is 5. The summed E-state index contributed by atoms with van der Waals surface area (Å²) in [7, 11) is 0. The number of imide groups is 1. The molecule has 1 saturated heterocycles. The monoisotopic (exact) mass is 401 g/mol. The third-order valence-corrected chi connectivity index (χ3v) is 5.50. The maximum absolute atomic E-state index is 12.1. The molecule has 8 heteroatoms. The summed E-state index contributed by atoms with van der Waals surface area (Å²) in [4.78, 5) is 49.4. The molecule has 2 aliphatic rings. The van der Waals surface area contributed by atoms with E-state index in [-0.39, 0.29) is 17.5 Å². The lowest BCUT2D eigenvalue weighted by Gasteiger charge is -2.29. The zero-order valence-corrected chi connectivity index (χ0v) is 16.6. The van der Waals surface area contributed by atoms with Crippen molar-refractivity contribution >= 4 is 29.5 Å². The zero-order valence-electron chi connectivity index (χ0n) is 16.6. The number of rotatable bonds is 5. The van der Waals surface area contributed by atoms with Gasteiger partial charge in [-0.25, -0.2) is 9.59 Å². The molecule has 1 aliphatic carbocycles. The average Bonchev–Trinajstić information content (AvgIpc) is 3.14. The van der Waals surface area contributed by atoms with Crippen LogP contribution >= 0.6 is 0 Å². The van der Waals surface area contributed by atoms with E-state index >= 15 is 0 Å². The molecule has 1 aromatic rings. The predicted molar refractivity (Wildman–Crippen MR) is 106 cm³/mol. The molecule has 2 N–H and O–H groups in total. The van der Waals surface area contributed by atoms with Gasteiger partial charge in [-0.15, -0.1) is 0 Å². The van der Waals surface area contributed by atoms with Crippen LogP contribution in [0.1, 0.15) is 55.8 Å². The third kappa shape index (κ3) is 5.56. The molecule has 0 radical (unpaired) electrons. The first-order chi connectivity index (χ1) is 13.9. The van der Waals surface area contributed by atoms with Gasteiger partial charge in [-0.1, -0.05) is 19.8 Å². The summed E-state index contributed by atoms with van der Waals surface area (Å²) in [6.45, 7) is 2.21. The summed E-state index contributed by atoms with van der Waals surface area (Å²) in [5.41, 5.74) is 1.00. The second kappa shape index (κ2) is 9.54. The SMILES string of the molecule is C[C@H]1CCCC[C@H]1NC(=O)NC(=O)COC(=O)c1ccc(N2CCCC2=O)cc1. The number of hydrogen-bond donors (Lipinski definition) is 2. The Kier molecular flexibility index (Phi) is 6.85. The van der Waals surface area contributed by atoms with Crippen LogP contribution in [0.4, 0.5) is 10.5 Å². The van der Waals surface area contributed by atoms with Gasteiger partial charge in [0.05, 0.1) is 5.56 Å². The Hall–Kier alpha value is -2.90. The molecule has 3 rings (SSSR count). The van der Waals surface area contributed by atoms with Crippen molar-refractivity contribution in [3.05, 3.63) is 29.8 Å². The molecule has 1 heterocycles. The molecule has 29 heavy (non-hydrogen) atoms. The number of anilines is 1. The van der Waals surface area contributed by atoms with Crippen molar-refractivity contribution in [1.29, 1.82) is 0 Å². The quantitative estimate of drug-likeness (QED) is 0.737. The van der Waals surface area contributed by atoms with Crippen LogP contribution in [0.25, 0.3) is 0 Å². The number of ether oxygens (including phenoxy) is 1. The number of carbonyl (C=O) groups is 4. The second-order valence-electron chi connectivity index (χ2n) is 7.66. The molecule has 0 unspecified atom stereocenters. The van der Waals surface area contributed by atoms with Crippen molar-refractivity contribution in [1.82, 2.24) is 10.6 Å². The average molecular weight is 401 g/mol. The van der Waals surface area contributed by atoms with Crippen LogP contribution in [0.5, 0.6) is 0 Å². The molecule has 156 valence electrons. The fraction of sp³-hybridized carbons (Fsp3) is 0.524. The van der Waals surface area contributed by atoms with Gasteiger partial charge in [0, 0.05) is 24.7 Å². The molecule has 0 aromatic heterocycles. The fourth-order valence-corrected chi connectivity index (χ4v) is 3.81. The molecule has 2 fully saturated rings. The highest BCUT2D eigenvalue weighted by Gasteiger charge is 2.24. The Morgan fingerprint density at radius 2 is 1.83 bits per heavy atom. The second-order valence-corrected chi connectivity index (χ2v) is 7.66. The lowest BCUT2D eigenvalue weighted by atomic mass is 9.86. The normalized spacial score (nSPS) is 21.6. The Morgan fingerprint density at radius 1 is 1.10 bits per heavy atom. The molecular weight excluding hydrogens is 374 g/mol. The summed E-state index contributed by atoms with van der Waals surface area (Å²) < 4.78 is 4.98. The summed E-state index contributed by atoms with van der Waals surface area (Å²) in [6.07, 6.45) is 5.53. The summed E-state index contributed by atoms with van der Waals surface area (Å²) in [5.74, 6) is -0.904. The number of carbonyl (C=O) groups excluding carboxylic acids is 4. The first-order valence-corrected chi connectivity index (χ1v) is 10.1. The first-order valence-electron chi connectivity index (χ1n) is 10.1. The van der Waals surface area contributed by atoms with E-state index in [0.717, 1.165) is 37.8 Å². The summed E-state index contributed by atoms with van der Waals surface area (Å²) in [6, 6.07) is 5.96. The highest BCUT2D eigenvalue weighted by atomic mass is 16.5.